The molecule has 0 saturated carbocycles. The Morgan fingerprint density at radius 1 is 1.20 bits per heavy atom. The van der Waals surface area contributed by atoms with Crippen molar-refractivity contribution in [3.63, 3.8) is 0 Å². The lowest BCUT2D eigenvalue weighted by atomic mass is 10.1. The highest BCUT2D eigenvalue weighted by Crippen LogP contribution is 2.17. The minimum Gasteiger partial charge on any atom is -0.493 e. The zero-order chi connectivity index (χ0) is 15.4. The van der Waals surface area contributed by atoms with Gasteiger partial charge in [0.2, 0.25) is 0 Å². The molecule has 0 fully saturated rings. The van der Waals surface area contributed by atoms with Crippen molar-refractivity contribution in [3.05, 3.63) is 29.8 Å². The fraction of sp³-hybridized carbons (Fsp3) is 0.600. The van der Waals surface area contributed by atoms with Crippen LogP contribution in [0.15, 0.2) is 24.3 Å². The maximum atomic E-state index is 11.9. The third kappa shape index (κ3) is 5.13. The van der Waals surface area contributed by atoms with Crippen molar-refractivity contribution in [2.75, 3.05) is 12.4 Å². The molecule has 1 atom stereocenters. The summed E-state index contributed by atoms with van der Waals surface area (Å²) in [5.41, 5.74) is 1.02. The number of aliphatic hydroxyl groups excluding tert-OH is 1. The van der Waals surface area contributed by atoms with Gasteiger partial charge in [-0.3, -0.25) is 0 Å². The van der Waals surface area contributed by atoms with E-state index < -0.39 is 14.6 Å². The van der Waals surface area contributed by atoms with Gasteiger partial charge in [-0.1, -0.05) is 12.1 Å². The van der Waals surface area contributed by atoms with Gasteiger partial charge in [0.15, 0.2) is 9.84 Å². The van der Waals surface area contributed by atoms with Crippen LogP contribution in [0.4, 0.5) is 0 Å². The molecular weight excluding hydrogens is 276 g/mol. The Kier molecular flexibility index (Phi) is 5.59. The number of hydrogen-bond donors (Lipinski definition) is 1. The van der Waals surface area contributed by atoms with Crippen molar-refractivity contribution >= 4 is 9.84 Å². The number of ether oxygens (including phenoxy) is 1. The molecule has 20 heavy (non-hydrogen) atoms. The second kappa shape index (κ2) is 6.59. The predicted octanol–water partition coefficient (Wildman–Crippen LogP) is 2.20. The third-order valence-corrected chi connectivity index (χ3v) is 5.58. The summed E-state index contributed by atoms with van der Waals surface area (Å²) in [4.78, 5) is 0. The van der Waals surface area contributed by atoms with Gasteiger partial charge in [0.05, 0.1) is 16.6 Å². The summed E-state index contributed by atoms with van der Waals surface area (Å²) in [5, 5.41) is 9.28. The lowest BCUT2D eigenvalue weighted by Crippen LogP contribution is -2.32. The number of benzene rings is 1. The minimum atomic E-state index is -3.15. The minimum absolute atomic E-state index is 0.00588. The molecule has 0 amide bonds. The molecule has 1 N–H and O–H groups in total. The van der Waals surface area contributed by atoms with Gasteiger partial charge < -0.3 is 9.84 Å². The first-order chi connectivity index (χ1) is 9.12. The number of aliphatic hydroxyl groups is 1. The lowest BCUT2D eigenvalue weighted by molar-refractivity contribution is 0.195. The molecule has 4 nitrogen and oxygen atoms in total. The molecule has 1 rings (SSSR count). The Morgan fingerprint density at radius 2 is 1.75 bits per heavy atom. The van der Waals surface area contributed by atoms with Crippen LogP contribution in [0, 0.1) is 0 Å². The summed E-state index contributed by atoms with van der Waals surface area (Å²) in [6, 6.07) is 7.34. The van der Waals surface area contributed by atoms with Crippen LogP contribution in [-0.2, 0) is 16.3 Å². The first kappa shape index (κ1) is 17.0. The summed E-state index contributed by atoms with van der Waals surface area (Å²) in [5.74, 6) is 0.648. The number of hydrogen-bond acceptors (Lipinski definition) is 4. The molecule has 0 heterocycles. The zero-order valence-corrected chi connectivity index (χ0v) is 13.4. The van der Waals surface area contributed by atoms with Gasteiger partial charge in [0, 0.05) is 0 Å². The van der Waals surface area contributed by atoms with Crippen molar-refractivity contribution in [2.24, 2.45) is 0 Å². The maximum absolute atomic E-state index is 11.9. The van der Waals surface area contributed by atoms with Crippen LogP contribution >= 0.6 is 0 Å². The monoisotopic (exact) mass is 300 g/mol. The Morgan fingerprint density at radius 3 is 2.20 bits per heavy atom. The van der Waals surface area contributed by atoms with Crippen LogP contribution < -0.4 is 4.74 Å². The summed E-state index contributed by atoms with van der Waals surface area (Å²) >= 11 is 0. The first-order valence-electron chi connectivity index (χ1n) is 6.74. The van der Waals surface area contributed by atoms with Gasteiger partial charge in [0.25, 0.3) is 0 Å². The molecule has 0 aliphatic heterocycles. The van der Waals surface area contributed by atoms with Crippen LogP contribution in [0.3, 0.4) is 0 Å². The summed E-state index contributed by atoms with van der Waals surface area (Å²) in [7, 11) is -3.15. The van der Waals surface area contributed by atoms with Crippen LogP contribution in [0.1, 0.15) is 33.3 Å². The zero-order valence-electron chi connectivity index (χ0n) is 12.6. The van der Waals surface area contributed by atoms with Gasteiger partial charge in [-0.15, -0.1) is 0 Å². The normalized spacial score (nSPS) is 14.1. The van der Waals surface area contributed by atoms with Gasteiger partial charge >= 0.3 is 0 Å². The molecule has 5 heteroatoms. The summed E-state index contributed by atoms with van der Waals surface area (Å²) < 4.78 is 28.5. The van der Waals surface area contributed by atoms with E-state index in [1.807, 2.05) is 12.1 Å². The van der Waals surface area contributed by atoms with E-state index in [0.29, 0.717) is 12.2 Å². The lowest BCUT2D eigenvalue weighted by Gasteiger charge is -2.19. The van der Waals surface area contributed by atoms with Gasteiger partial charge in [-0.05, 0) is 51.8 Å². The highest BCUT2D eigenvalue weighted by atomic mass is 32.2. The molecular formula is C15H24O4S. The second-order valence-corrected chi connectivity index (χ2v) is 8.84. The van der Waals surface area contributed by atoms with E-state index in [1.165, 1.54) is 0 Å². The fourth-order valence-electron chi connectivity index (χ4n) is 1.64. The summed E-state index contributed by atoms with van der Waals surface area (Å²) in [6.07, 6.45) is 0.220. The Labute approximate surface area is 121 Å². The fourth-order valence-corrected chi connectivity index (χ4v) is 2.55. The van der Waals surface area contributed by atoms with Crippen LogP contribution in [-0.4, -0.2) is 36.7 Å². The molecule has 1 unspecified atom stereocenters. The van der Waals surface area contributed by atoms with E-state index in [4.69, 9.17) is 4.74 Å². The molecule has 0 aromatic heterocycles. The standard InChI is InChI=1S/C15H24O4S/c1-12(16)11-13-5-7-14(8-6-13)19-9-10-20(17,18)15(2,3)4/h5-8,12,16H,9-11H2,1-4H3. The van der Waals surface area contributed by atoms with Crippen molar-refractivity contribution < 1.29 is 18.3 Å². The van der Waals surface area contributed by atoms with Gasteiger partial charge in [-0.2, -0.15) is 0 Å². The highest BCUT2D eigenvalue weighted by Gasteiger charge is 2.28. The maximum Gasteiger partial charge on any atom is 0.158 e. The Hall–Kier alpha value is -1.07. The van der Waals surface area contributed by atoms with E-state index in [-0.39, 0.29) is 18.5 Å². The average molecular weight is 300 g/mol. The molecule has 1 aromatic rings. The van der Waals surface area contributed by atoms with Crippen LogP contribution in [0.5, 0.6) is 5.75 Å². The van der Waals surface area contributed by atoms with E-state index >= 15 is 0 Å². The number of rotatable bonds is 6. The molecule has 0 aliphatic carbocycles. The largest absolute Gasteiger partial charge is 0.493 e. The smallest absolute Gasteiger partial charge is 0.158 e. The van der Waals surface area contributed by atoms with E-state index in [1.54, 1.807) is 39.8 Å². The van der Waals surface area contributed by atoms with Crippen LogP contribution in [0.2, 0.25) is 0 Å². The quantitative estimate of drug-likeness (QED) is 0.875. The molecule has 0 aliphatic rings. The SMILES string of the molecule is CC(O)Cc1ccc(OCCS(=O)(=O)C(C)(C)C)cc1. The van der Waals surface area contributed by atoms with Crippen molar-refractivity contribution in [1.29, 1.82) is 0 Å². The van der Waals surface area contributed by atoms with Gasteiger partial charge in [-0.25, -0.2) is 8.42 Å². The topological polar surface area (TPSA) is 63.6 Å². The molecule has 0 radical (unpaired) electrons. The molecule has 114 valence electrons. The Balaban J connectivity index is 2.51. The molecule has 0 spiro atoms. The van der Waals surface area contributed by atoms with Crippen LogP contribution in [0.25, 0.3) is 0 Å². The first-order valence-corrected chi connectivity index (χ1v) is 8.39. The van der Waals surface area contributed by atoms with Crippen molar-refractivity contribution in [1.82, 2.24) is 0 Å². The van der Waals surface area contributed by atoms with Crippen molar-refractivity contribution in [2.45, 2.75) is 45.0 Å². The summed E-state index contributed by atoms with van der Waals surface area (Å²) in [6.45, 7) is 6.95. The number of sulfone groups is 1. The van der Waals surface area contributed by atoms with Crippen molar-refractivity contribution in [3.8, 4) is 5.75 Å². The predicted molar refractivity (Wildman–Crippen MR) is 80.9 cm³/mol. The van der Waals surface area contributed by atoms with E-state index in [2.05, 4.69) is 0 Å². The average Bonchev–Trinajstić information content (AvgIpc) is 2.29. The van der Waals surface area contributed by atoms with E-state index in [0.717, 1.165) is 5.56 Å². The second-order valence-electron chi connectivity index (χ2n) is 5.98. The highest BCUT2D eigenvalue weighted by molar-refractivity contribution is 7.92. The van der Waals surface area contributed by atoms with Gasteiger partial charge in [0.1, 0.15) is 12.4 Å². The molecule has 0 bridgehead atoms. The Bertz CT molecular complexity index is 510. The molecule has 1 aromatic carbocycles. The third-order valence-electron chi connectivity index (χ3n) is 3.01. The van der Waals surface area contributed by atoms with E-state index in [9.17, 15) is 13.5 Å². The molecule has 0 saturated heterocycles.